The third-order valence-electron chi connectivity index (χ3n) is 3.43. The molecule has 0 aliphatic carbocycles. The smallest absolute Gasteiger partial charge is 0.191 e. The van der Waals surface area contributed by atoms with E-state index in [2.05, 4.69) is 53.7 Å². The molecule has 0 saturated heterocycles. The van der Waals surface area contributed by atoms with Crippen molar-refractivity contribution in [2.45, 2.75) is 46.8 Å². The molecule has 23 heavy (non-hydrogen) atoms. The molecule has 0 amide bonds. The van der Waals surface area contributed by atoms with E-state index in [9.17, 15) is 0 Å². The third-order valence-corrected chi connectivity index (χ3v) is 3.43. The van der Waals surface area contributed by atoms with E-state index in [-0.39, 0.29) is 24.0 Å². The SMILES string of the molecule is CCOCc1ccc(CNC(=NC)NCCCC(C)C)cc1.I. The van der Waals surface area contributed by atoms with E-state index in [1.54, 1.807) is 0 Å². The highest BCUT2D eigenvalue weighted by molar-refractivity contribution is 14.0. The van der Waals surface area contributed by atoms with Crippen LogP contribution in [-0.4, -0.2) is 26.2 Å². The molecule has 0 radical (unpaired) electrons. The Morgan fingerprint density at radius 2 is 1.78 bits per heavy atom. The summed E-state index contributed by atoms with van der Waals surface area (Å²) in [5.74, 6) is 1.62. The summed E-state index contributed by atoms with van der Waals surface area (Å²) in [7, 11) is 1.81. The van der Waals surface area contributed by atoms with Crippen molar-refractivity contribution in [3.8, 4) is 0 Å². The first-order chi connectivity index (χ1) is 10.7. The fraction of sp³-hybridized carbons (Fsp3) is 0.611. The molecule has 0 bridgehead atoms. The number of aliphatic imine (C=N–C) groups is 1. The van der Waals surface area contributed by atoms with Gasteiger partial charge in [0.2, 0.25) is 0 Å². The Morgan fingerprint density at radius 3 is 2.35 bits per heavy atom. The van der Waals surface area contributed by atoms with E-state index in [1.807, 2.05) is 14.0 Å². The maximum absolute atomic E-state index is 5.40. The molecule has 0 fully saturated rings. The predicted octanol–water partition coefficient (Wildman–Crippen LogP) is 3.94. The summed E-state index contributed by atoms with van der Waals surface area (Å²) < 4.78 is 5.40. The van der Waals surface area contributed by atoms with Crippen molar-refractivity contribution in [2.75, 3.05) is 20.2 Å². The van der Waals surface area contributed by atoms with E-state index in [0.29, 0.717) is 6.61 Å². The van der Waals surface area contributed by atoms with Crippen molar-refractivity contribution in [2.24, 2.45) is 10.9 Å². The van der Waals surface area contributed by atoms with E-state index in [0.717, 1.165) is 31.6 Å². The van der Waals surface area contributed by atoms with E-state index in [1.165, 1.54) is 24.0 Å². The van der Waals surface area contributed by atoms with Gasteiger partial charge in [-0.15, -0.1) is 24.0 Å². The van der Waals surface area contributed by atoms with Gasteiger partial charge < -0.3 is 15.4 Å². The van der Waals surface area contributed by atoms with Crippen LogP contribution >= 0.6 is 24.0 Å². The first-order valence-electron chi connectivity index (χ1n) is 8.25. The average molecular weight is 433 g/mol. The van der Waals surface area contributed by atoms with Crippen LogP contribution in [0.15, 0.2) is 29.3 Å². The number of hydrogen-bond acceptors (Lipinski definition) is 2. The Hall–Kier alpha value is -0.820. The van der Waals surface area contributed by atoms with Gasteiger partial charge in [0.05, 0.1) is 6.61 Å². The standard InChI is InChI=1S/C18H31N3O.HI/c1-5-22-14-17-10-8-16(9-11-17)13-21-18(19-4)20-12-6-7-15(2)3;/h8-11,15H,5-7,12-14H2,1-4H3,(H2,19,20,21);1H. The van der Waals surface area contributed by atoms with Crippen LogP contribution in [0, 0.1) is 5.92 Å². The molecule has 0 aromatic heterocycles. The first kappa shape index (κ1) is 22.2. The summed E-state index contributed by atoms with van der Waals surface area (Å²) in [5, 5.41) is 6.70. The van der Waals surface area contributed by atoms with Gasteiger partial charge in [0, 0.05) is 26.7 Å². The third kappa shape index (κ3) is 10.5. The van der Waals surface area contributed by atoms with Gasteiger partial charge in [-0.25, -0.2) is 0 Å². The van der Waals surface area contributed by atoms with E-state index < -0.39 is 0 Å². The fourth-order valence-corrected chi connectivity index (χ4v) is 2.10. The van der Waals surface area contributed by atoms with Crippen molar-refractivity contribution in [3.05, 3.63) is 35.4 Å². The summed E-state index contributed by atoms with van der Waals surface area (Å²) in [5.41, 5.74) is 2.45. The second kappa shape index (κ2) is 13.6. The van der Waals surface area contributed by atoms with Gasteiger partial charge in [0.15, 0.2) is 5.96 Å². The summed E-state index contributed by atoms with van der Waals surface area (Å²) in [4.78, 5) is 4.25. The molecule has 0 unspecified atom stereocenters. The molecule has 0 heterocycles. The largest absolute Gasteiger partial charge is 0.377 e. The maximum atomic E-state index is 5.40. The highest BCUT2D eigenvalue weighted by Gasteiger charge is 2.00. The lowest BCUT2D eigenvalue weighted by molar-refractivity contribution is 0.134. The number of benzene rings is 1. The van der Waals surface area contributed by atoms with Gasteiger partial charge in [-0.1, -0.05) is 38.1 Å². The maximum Gasteiger partial charge on any atom is 0.191 e. The summed E-state index contributed by atoms with van der Waals surface area (Å²) in [6.45, 7) is 9.69. The average Bonchev–Trinajstić information content (AvgIpc) is 2.53. The molecule has 1 aromatic rings. The highest BCUT2D eigenvalue weighted by atomic mass is 127. The number of nitrogens with one attached hydrogen (secondary N) is 2. The molecule has 0 aliphatic rings. The zero-order valence-corrected chi connectivity index (χ0v) is 17.2. The Morgan fingerprint density at radius 1 is 1.13 bits per heavy atom. The molecule has 0 saturated carbocycles. The lowest BCUT2D eigenvalue weighted by Crippen LogP contribution is -2.37. The minimum absolute atomic E-state index is 0. The minimum Gasteiger partial charge on any atom is -0.377 e. The highest BCUT2D eigenvalue weighted by Crippen LogP contribution is 2.06. The Kier molecular flexibility index (Phi) is 13.1. The molecule has 5 heteroatoms. The van der Waals surface area contributed by atoms with Gasteiger partial charge in [-0.05, 0) is 36.8 Å². The molecule has 0 aliphatic heterocycles. The van der Waals surface area contributed by atoms with Gasteiger partial charge in [-0.3, -0.25) is 4.99 Å². The Bertz CT molecular complexity index is 432. The number of nitrogens with zero attached hydrogens (tertiary/aromatic N) is 1. The number of hydrogen-bond donors (Lipinski definition) is 2. The van der Waals surface area contributed by atoms with Crippen LogP contribution in [0.5, 0.6) is 0 Å². The van der Waals surface area contributed by atoms with Gasteiger partial charge in [0.25, 0.3) is 0 Å². The zero-order valence-electron chi connectivity index (χ0n) is 14.9. The van der Waals surface area contributed by atoms with Crippen molar-refractivity contribution in [1.29, 1.82) is 0 Å². The number of ether oxygens (including phenoxy) is 1. The van der Waals surface area contributed by atoms with Crippen molar-refractivity contribution in [3.63, 3.8) is 0 Å². The zero-order chi connectivity index (χ0) is 16.2. The van der Waals surface area contributed by atoms with Crippen LogP contribution in [-0.2, 0) is 17.9 Å². The van der Waals surface area contributed by atoms with Crippen LogP contribution in [0.2, 0.25) is 0 Å². The molecular formula is C18H32IN3O. The predicted molar refractivity (Wildman–Crippen MR) is 109 cm³/mol. The van der Waals surface area contributed by atoms with Crippen molar-refractivity contribution >= 4 is 29.9 Å². The summed E-state index contributed by atoms with van der Waals surface area (Å²) in [6, 6.07) is 8.50. The molecule has 0 spiro atoms. The van der Waals surface area contributed by atoms with Gasteiger partial charge >= 0.3 is 0 Å². The van der Waals surface area contributed by atoms with Crippen LogP contribution in [0.25, 0.3) is 0 Å². The molecule has 1 aromatic carbocycles. The lowest BCUT2D eigenvalue weighted by atomic mass is 10.1. The monoisotopic (exact) mass is 433 g/mol. The van der Waals surface area contributed by atoms with E-state index >= 15 is 0 Å². The Labute approximate surface area is 158 Å². The summed E-state index contributed by atoms with van der Waals surface area (Å²) in [6.07, 6.45) is 2.41. The fourth-order valence-electron chi connectivity index (χ4n) is 2.10. The Balaban J connectivity index is 0.00000484. The van der Waals surface area contributed by atoms with Crippen molar-refractivity contribution < 1.29 is 4.74 Å². The van der Waals surface area contributed by atoms with Crippen molar-refractivity contribution in [1.82, 2.24) is 10.6 Å². The molecule has 2 N–H and O–H groups in total. The van der Waals surface area contributed by atoms with E-state index in [4.69, 9.17) is 4.74 Å². The minimum atomic E-state index is 0. The van der Waals surface area contributed by atoms with Crippen LogP contribution < -0.4 is 10.6 Å². The van der Waals surface area contributed by atoms with Crippen LogP contribution in [0.3, 0.4) is 0 Å². The molecular weight excluding hydrogens is 401 g/mol. The second-order valence-electron chi connectivity index (χ2n) is 5.84. The lowest BCUT2D eigenvalue weighted by Gasteiger charge is -2.13. The number of rotatable bonds is 9. The molecule has 132 valence electrons. The summed E-state index contributed by atoms with van der Waals surface area (Å²) >= 11 is 0. The van der Waals surface area contributed by atoms with Crippen LogP contribution in [0.4, 0.5) is 0 Å². The number of halogens is 1. The normalized spacial score (nSPS) is 11.3. The topological polar surface area (TPSA) is 45.6 Å². The first-order valence-corrected chi connectivity index (χ1v) is 8.25. The second-order valence-corrected chi connectivity index (χ2v) is 5.84. The van der Waals surface area contributed by atoms with Crippen LogP contribution in [0.1, 0.15) is 44.7 Å². The molecule has 0 atom stereocenters. The van der Waals surface area contributed by atoms with Gasteiger partial charge in [-0.2, -0.15) is 0 Å². The quantitative estimate of drug-likeness (QED) is 0.268. The number of guanidine groups is 1. The molecule has 1 rings (SSSR count). The molecule has 4 nitrogen and oxygen atoms in total. The van der Waals surface area contributed by atoms with Gasteiger partial charge in [0.1, 0.15) is 0 Å².